The quantitative estimate of drug-likeness (QED) is 0.684. The molecule has 0 aromatic rings. The lowest BCUT2D eigenvalue weighted by Crippen LogP contribution is -2.39. The molecule has 0 amide bonds. The van der Waals surface area contributed by atoms with Crippen LogP contribution in [0.4, 0.5) is 0 Å². The van der Waals surface area contributed by atoms with Gasteiger partial charge in [0.25, 0.3) is 0 Å². The van der Waals surface area contributed by atoms with Crippen molar-refractivity contribution in [1.29, 1.82) is 0 Å². The number of hydrogen-bond donors (Lipinski definition) is 2. The van der Waals surface area contributed by atoms with Crippen molar-refractivity contribution in [3.8, 4) is 0 Å². The number of aliphatic hydroxyl groups is 1. The zero-order chi connectivity index (χ0) is 11.6. The molecular weight excluding hydrogens is 226 g/mol. The van der Waals surface area contributed by atoms with E-state index < -0.39 is 10.0 Å². The summed E-state index contributed by atoms with van der Waals surface area (Å²) in [4.78, 5) is 0. The Labute approximate surface area is 97.5 Å². The van der Waals surface area contributed by atoms with Gasteiger partial charge in [-0.05, 0) is 43.9 Å². The predicted octanol–water partition coefficient (Wildman–Crippen LogP) is 0.867. The molecule has 16 heavy (non-hydrogen) atoms. The van der Waals surface area contributed by atoms with Gasteiger partial charge in [0.15, 0.2) is 0 Å². The van der Waals surface area contributed by atoms with Crippen molar-refractivity contribution in [3.05, 3.63) is 0 Å². The lowest BCUT2D eigenvalue weighted by Gasteiger charge is -2.22. The lowest BCUT2D eigenvalue weighted by atomic mass is 9.96. The Morgan fingerprint density at radius 1 is 1.19 bits per heavy atom. The molecule has 5 heteroatoms. The maximum Gasteiger partial charge on any atom is 0.211 e. The molecule has 2 N–H and O–H groups in total. The summed E-state index contributed by atoms with van der Waals surface area (Å²) in [5, 5.41) is 8.62. The maximum atomic E-state index is 11.7. The highest BCUT2D eigenvalue weighted by Crippen LogP contribution is 2.44. The minimum Gasteiger partial charge on any atom is -0.396 e. The van der Waals surface area contributed by atoms with E-state index in [1.54, 1.807) is 0 Å². The molecule has 0 aliphatic heterocycles. The second kappa shape index (κ2) is 5.02. The van der Waals surface area contributed by atoms with Crippen molar-refractivity contribution < 1.29 is 13.5 Å². The summed E-state index contributed by atoms with van der Waals surface area (Å²) >= 11 is 0. The smallest absolute Gasteiger partial charge is 0.211 e. The van der Waals surface area contributed by atoms with E-state index in [1.807, 2.05) is 0 Å². The normalized spacial score (nSPS) is 33.4. The molecule has 2 fully saturated rings. The van der Waals surface area contributed by atoms with E-state index in [9.17, 15) is 8.42 Å². The van der Waals surface area contributed by atoms with Crippen LogP contribution in [-0.2, 0) is 10.0 Å². The average molecular weight is 247 g/mol. The van der Waals surface area contributed by atoms with E-state index in [-0.39, 0.29) is 18.4 Å². The lowest BCUT2D eigenvalue weighted by molar-refractivity contribution is 0.287. The molecule has 0 aromatic carbocycles. The highest BCUT2D eigenvalue weighted by Gasteiger charge is 2.40. The third-order valence-electron chi connectivity index (χ3n) is 3.89. The Balaban J connectivity index is 1.80. The van der Waals surface area contributed by atoms with Crippen molar-refractivity contribution in [1.82, 2.24) is 4.72 Å². The number of aliphatic hydroxyl groups excluding tert-OH is 1. The minimum absolute atomic E-state index is 0.0731. The standard InChI is InChI=1S/C11H21NO3S/c13-5-1-2-6-16(14,15)12-11-8-9-3-4-10(11)7-9/h9-13H,1-8H2. The fraction of sp³-hybridized carbons (Fsp3) is 1.00. The van der Waals surface area contributed by atoms with E-state index in [0.717, 1.165) is 12.3 Å². The Morgan fingerprint density at radius 2 is 2.00 bits per heavy atom. The van der Waals surface area contributed by atoms with Crippen molar-refractivity contribution in [2.45, 2.75) is 44.6 Å². The number of rotatable bonds is 6. The first-order valence-corrected chi connectivity index (χ1v) is 7.87. The first-order valence-electron chi connectivity index (χ1n) is 6.21. The molecule has 94 valence electrons. The molecule has 3 unspecified atom stereocenters. The Hall–Kier alpha value is -0.130. The van der Waals surface area contributed by atoms with Crippen LogP contribution in [0.1, 0.15) is 38.5 Å². The molecule has 2 aliphatic rings. The van der Waals surface area contributed by atoms with Gasteiger partial charge in [0.05, 0.1) is 5.75 Å². The average Bonchev–Trinajstić information content (AvgIpc) is 2.78. The van der Waals surface area contributed by atoms with Gasteiger partial charge in [-0.2, -0.15) is 0 Å². The molecule has 0 saturated heterocycles. The van der Waals surface area contributed by atoms with Crippen LogP contribution in [0.25, 0.3) is 0 Å². The zero-order valence-electron chi connectivity index (χ0n) is 9.56. The summed E-state index contributed by atoms with van der Waals surface area (Å²) in [5.41, 5.74) is 0. The molecule has 4 nitrogen and oxygen atoms in total. The second-order valence-corrected chi connectivity index (χ2v) is 7.02. The maximum absolute atomic E-state index is 11.7. The van der Waals surface area contributed by atoms with Crippen molar-refractivity contribution >= 4 is 10.0 Å². The summed E-state index contributed by atoms with van der Waals surface area (Å²) in [6, 6.07) is 0.192. The summed E-state index contributed by atoms with van der Waals surface area (Å²) in [5.74, 6) is 1.49. The van der Waals surface area contributed by atoms with Gasteiger partial charge in [0, 0.05) is 12.6 Å². The van der Waals surface area contributed by atoms with E-state index in [2.05, 4.69) is 4.72 Å². The highest BCUT2D eigenvalue weighted by atomic mass is 32.2. The van der Waals surface area contributed by atoms with E-state index in [1.165, 1.54) is 19.3 Å². The van der Waals surface area contributed by atoms with Gasteiger partial charge < -0.3 is 5.11 Å². The fourth-order valence-corrected chi connectivity index (χ4v) is 4.53. The molecule has 0 heterocycles. The van der Waals surface area contributed by atoms with Gasteiger partial charge >= 0.3 is 0 Å². The van der Waals surface area contributed by atoms with Crippen LogP contribution in [0.5, 0.6) is 0 Å². The minimum atomic E-state index is -3.12. The summed E-state index contributed by atoms with van der Waals surface area (Å²) in [6.45, 7) is 0.0731. The van der Waals surface area contributed by atoms with Gasteiger partial charge in [-0.15, -0.1) is 0 Å². The molecule has 2 bridgehead atoms. The Bertz CT molecular complexity index is 328. The molecule has 2 rings (SSSR count). The third-order valence-corrected chi connectivity index (χ3v) is 5.38. The van der Waals surface area contributed by atoms with Crippen LogP contribution in [0.2, 0.25) is 0 Å². The number of sulfonamides is 1. The van der Waals surface area contributed by atoms with Crippen molar-refractivity contribution in [2.75, 3.05) is 12.4 Å². The Kier molecular flexibility index (Phi) is 3.87. The number of unbranched alkanes of at least 4 members (excludes halogenated alkanes) is 1. The van der Waals surface area contributed by atoms with Gasteiger partial charge in [-0.3, -0.25) is 0 Å². The monoisotopic (exact) mass is 247 g/mol. The van der Waals surface area contributed by atoms with Gasteiger partial charge in [0.1, 0.15) is 0 Å². The van der Waals surface area contributed by atoms with Crippen LogP contribution >= 0.6 is 0 Å². The molecule has 0 aromatic heterocycles. The zero-order valence-corrected chi connectivity index (χ0v) is 10.4. The first kappa shape index (κ1) is 12.3. The third kappa shape index (κ3) is 2.96. The predicted molar refractivity (Wildman–Crippen MR) is 62.5 cm³/mol. The summed E-state index contributed by atoms with van der Waals surface area (Å²) < 4.78 is 26.3. The van der Waals surface area contributed by atoms with Crippen molar-refractivity contribution in [3.63, 3.8) is 0 Å². The topological polar surface area (TPSA) is 66.4 Å². The molecule has 0 spiro atoms. The molecule has 0 radical (unpaired) electrons. The number of nitrogens with one attached hydrogen (secondary N) is 1. The number of fused-ring (bicyclic) bond motifs is 2. The van der Waals surface area contributed by atoms with Crippen LogP contribution in [0.3, 0.4) is 0 Å². The molecular formula is C11H21NO3S. The van der Waals surface area contributed by atoms with Gasteiger partial charge in [-0.1, -0.05) is 6.42 Å². The van der Waals surface area contributed by atoms with Crippen LogP contribution in [0, 0.1) is 11.8 Å². The van der Waals surface area contributed by atoms with Crippen LogP contribution < -0.4 is 4.72 Å². The van der Waals surface area contributed by atoms with E-state index in [4.69, 9.17) is 5.11 Å². The van der Waals surface area contributed by atoms with Crippen LogP contribution in [-0.4, -0.2) is 31.9 Å². The summed E-state index contributed by atoms with van der Waals surface area (Å²) in [6.07, 6.45) is 5.83. The molecule has 2 aliphatic carbocycles. The largest absolute Gasteiger partial charge is 0.396 e. The van der Waals surface area contributed by atoms with Gasteiger partial charge in [-0.25, -0.2) is 13.1 Å². The fourth-order valence-electron chi connectivity index (χ4n) is 3.08. The first-order chi connectivity index (χ1) is 7.61. The molecule has 2 saturated carbocycles. The van der Waals surface area contributed by atoms with Gasteiger partial charge in [0.2, 0.25) is 10.0 Å². The SMILES string of the molecule is O=S(=O)(CCCCO)NC1CC2CCC1C2. The number of hydrogen-bond acceptors (Lipinski definition) is 3. The molecule has 3 atom stereocenters. The second-order valence-electron chi connectivity index (χ2n) is 5.15. The van der Waals surface area contributed by atoms with E-state index in [0.29, 0.717) is 18.8 Å². The highest BCUT2D eigenvalue weighted by molar-refractivity contribution is 7.89. The van der Waals surface area contributed by atoms with E-state index >= 15 is 0 Å². The van der Waals surface area contributed by atoms with Crippen molar-refractivity contribution in [2.24, 2.45) is 11.8 Å². The van der Waals surface area contributed by atoms with Crippen LogP contribution in [0.15, 0.2) is 0 Å². The summed E-state index contributed by atoms with van der Waals surface area (Å²) in [7, 11) is -3.12. The Morgan fingerprint density at radius 3 is 2.56 bits per heavy atom.